The summed E-state index contributed by atoms with van der Waals surface area (Å²) in [6, 6.07) is 23.0. The van der Waals surface area contributed by atoms with Gasteiger partial charge < -0.3 is 19.7 Å². The lowest BCUT2D eigenvalue weighted by atomic mass is 9.87. The number of phenolic OH excluding ortho intramolecular Hbond substituents is 2. The Morgan fingerprint density at radius 3 is 2.37 bits per heavy atom. The fraction of sp³-hybridized carbons (Fsp3) is 0.267. The molecule has 0 bridgehead atoms. The highest BCUT2D eigenvalue weighted by molar-refractivity contribution is 5.92. The number of benzene rings is 4. The fourth-order valence-corrected chi connectivity index (χ4v) is 5.24. The highest BCUT2D eigenvalue weighted by Crippen LogP contribution is 2.47. The molecule has 6 rings (SSSR count). The van der Waals surface area contributed by atoms with Crippen molar-refractivity contribution in [2.24, 2.45) is 0 Å². The highest BCUT2D eigenvalue weighted by atomic mass is 16.5. The lowest BCUT2D eigenvalue weighted by molar-refractivity contribution is 0.183. The van der Waals surface area contributed by atoms with E-state index in [0.717, 1.165) is 45.3 Å². The number of piperidine rings is 1. The molecule has 1 atom stereocenters. The quantitative estimate of drug-likeness (QED) is 0.363. The normalized spacial score (nSPS) is 17.4. The van der Waals surface area contributed by atoms with Crippen molar-refractivity contribution < 1.29 is 19.7 Å². The van der Waals surface area contributed by atoms with Crippen molar-refractivity contribution >= 4 is 10.8 Å². The summed E-state index contributed by atoms with van der Waals surface area (Å²) >= 11 is 0. The van der Waals surface area contributed by atoms with E-state index < -0.39 is 0 Å². The number of hydrogen-bond acceptors (Lipinski definition) is 5. The maximum absolute atomic E-state index is 10.1. The monoisotopic (exact) mass is 467 g/mol. The molecule has 5 heteroatoms. The number of hydrogen-bond donors (Lipinski definition) is 2. The first kappa shape index (κ1) is 21.8. The average molecular weight is 468 g/mol. The minimum absolute atomic E-state index is 0.168. The van der Waals surface area contributed by atoms with E-state index in [0.29, 0.717) is 12.4 Å². The zero-order valence-corrected chi connectivity index (χ0v) is 19.6. The van der Waals surface area contributed by atoms with E-state index in [1.54, 1.807) is 24.3 Å². The van der Waals surface area contributed by atoms with Crippen LogP contribution in [0.4, 0.5) is 0 Å². The summed E-state index contributed by atoms with van der Waals surface area (Å²) in [5.74, 6) is 1.90. The average Bonchev–Trinajstić information content (AvgIpc) is 2.88. The molecule has 35 heavy (non-hydrogen) atoms. The third-order valence-corrected chi connectivity index (χ3v) is 7.08. The third kappa shape index (κ3) is 4.40. The van der Waals surface area contributed by atoms with E-state index in [-0.39, 0.29) is 17.6 Å². The van der Waals surface area contributed by atoms with Crippen LogP contribution in [0.2, 0.25) is 0 Å². The van der Waals surface area contributed by atoms with E-state index in [9.17, 15) is 10.2 Å². The number of aromatic hydroxyl groups is 2. The minimum Gasteiger partial charge on any atom is -0.508 e. The molecule has 0 aliphatic carbocycles. The second-order valence-electron chi connectivity index (χ2n) is 9.47. The smallest absolute Gasteiger partial charge is 0.149 e. The molecule has 178 valence electrons. The van der Waals surface area contributed by atoms with Crippen molar-refractivity contribution in [3.05, 3.63) is 83.9 Å². The number of ether oxygens (including phenoxy) is 2. The van der Waals surface area contributed by atoms with Gasteiger partial charge in [-0.05, 0) is 96.4 Å². The van der Waals surface area contributed by atoms with Gasteiger partial charge in [-0.25, -0.2) is 0 Å². The molecule has 2 heterocycles. The van der Waals surface area contributed by atoms with Crippen molar-refractivity contribution in [1.82, 2.24) is 4.90 Å². The Kier molecular flexibility index (Phi) is 5.71. The Morgan fingerprint density at radius 2 is 1.54 bits per heavy atom. The number of rotatable bonds is 5. The van der Waals surface area contributed by atoms with Crippen molar-refractivity contribution in [2.45, 2.75) is 25.4 Å². The Labute approximate surface area is 205 Å². The molecule has 0 aromatic heterocycles. The molecule has 2 aliphatic heterocycles. The Hall–Kier alpha value is -3.70. The molecular weight excluding hydrogens is 438 g/mol. The van der Waals surface area contributed by atoms with Crippen LogP contribution in [0, 0.1) is 0 Å². The molecule has 4 aromatic carbocycles. The van der Waals surface area contributed by atoms with Gasteiger partial charge in [-0.1, -0.05) is 24.6 Å². The van der Waals surface area contributed by atoms with Crippen LogP contribution in [0.15, 0.2) is 72.8 Å². The second-order valence-corrected chi connectivity index (χ2v) is 9.47. The Bertz CT molecular complexity index is 1360. The van der Waals surface area contributed by atoms with Gasteiger partial charge in [0.2, 0.25) is 0 Å². The van der Waals surface area contributed by atoms with Gasteiger partial charge in [-0.3, -0.25) is 4.90 Å². The summed E-state index contributed by atoms with van der Waals surface area (Å²) in [6.45, 7) is 4.00. The molecule has 1 unspecified atom stereocenters. The summed E-state index contributed by atoms with van der Waals surface area (Å²) in [4.78, 5) is 2.47. The van der Waals surface area contributed by atoms with Gasteiger partial charge in [0.25, 0.3) is 0 Å². The standard InChI is InChI=1S/C30H29NO4/c32-23-7-4-21-17-28-27(18-22(21)16-23)26-11-8-24(33)19-29(26)35-30(28)20-5-9-25(10-6-20)34-15-14-31-12-2-1-3-13-31/h4-11,16-19,30,32-33H,1-3,12-15H2. The molecule has 1 saturated heterocycles. The molecule has 0 saturated carbocycles. The summed E-state index contributed by atoms with van der Waals surface area (Å²) < 4.78 is 12.5. The van der Waals surface area contributed by atoms with Gasteiger partial charge >= 0.3 is 0 Å². The largest absolute Gasteiger partial charge is 0.508 e. The van der Waals surface area contributed by atoms with E-state index in [2.05, 4.69) is 29.2 Å². The van der Waals surface area contributed by atoms with Crippen molar-refractivity contribution in [3.8, 4) is 34.1 Å². The first-order chi connectivity index (χ1) is 17.1. The fourth-order valence-electron chi connectivity index (χ4n) is 5.24. The van der Waals surface area contributed by atoms with Crippen molar-refractivity contribution in [2.75, 3.05) is 26.2 Å². The van der Waals surface area contributed by atoms with E-state index in [1.165, 1.54) is 32.4 Å². The van der Waals surface area contributed by atoms with Crippen molar-refractivity contribution in [3.63, 3.8) is 0 Å². The summed E-state index contributed by atoms with van der Waals surface area (Å²) in [5, 5.41) is 22.1. The van der Waals surface area contributed by atoms with Crippen LogP contribution in [-0.4, -0.2) is 41.4 Å². The third-order valence-electron chi connectivity index (χ3n) is 7.08. The van der Waals surface area contributed by atoms with E-state index >= 15 is 0 Å². The van der Waals surface area contributed by atoms with Crippen LogP contribution in [0.3, 0.4) is 0 Å². The molecule has 2 N–H and O–H groups in total. The van der Waals surface area contributed by atoms with Crippen LogP contribution >= 0.6 is 0 Å². The van der Waals surface area contributed by atoms with Crippen LogP contribution in [-0.2, 0) is 0 Å². The predicted molar refractivity (Wildman–Crippen MR) is 137 cm³/mol. The zero-order valence-electron chi connectivity index (χ0n) is 19.6. The first-order valence-electron chi connectivity index (χ1n) is 12.4. The topological polar surface area (TPSA) is 62.2 Å². The van der Waals surface area contributed by atoms with Gasteiger partial charge in [-0.15, -0.1) is 0 Å². The van der Waals surface area contributed by atoms with E-state index in [1.807, 2.05) is 24.3 Å². The van der Waals surface area contributed by atoms with Crippen LogP contribution in [0.1, 0.15) is 36.5 Å². The molecular formula is C30H29NO4. The maximum Gasteiger partial charge on any atom is 0.149 e. The van der Waals surface area contributed by atoms with Gasteiger partial charge in [0.1, 0.15) is 35.7 Å². The lowest BCUT2D eigenvalue weighted by Gasteiger charge is -2.30. The van der Waals surface area contributed by atoms with Gasteiger partial charge in [0, 0.05) is 23.7 Å². The maximum atomic E-state index is 10.1. The SMILES string of the molecule is Oc1ccc2c(c1)OC(c1ccc(OCCN3CCCCC3)cc1)c1cc3ccc(O)cc3cc1-2. The molecule has 2 aliphatic rings. The first-order valence-corrected chi connectivity index (χ1v) is 12.4. The Balaban J connectivity index is 1.29. The molecule has 5 nitrogen and oxygen atoms in total. The second kappa shape index (κ2) is 9.16. The minimum atomic E-state index is -0.320. The van der Waals surface area contributed by atoms with E-state index in [4.69, 9.17) is 9.47 Å². The Morgan fingerprint density at radius 1 is 0.771 bits per heavy atom. The summed E-state index contributed by atoms with van der Waals surface area (Å²) in [7, 11) is 0. The number of phenols is 2. The number of nitrogens with zero attached hydrogens (tertiary/aromatic N) is 1. The van der Waals surface area contributed by atoms with Crippen LogP contribution in [0.5, 0.6) is 23.0 Å². The number of fused-ring (bicyclic) bond motifs is 4. The summed E-state index contributed by atoms with van der Waals surface area (Å²) in [6.07, 6.45) is 3.59. The van der Waals surface area contributed by atoms with Gasteiger partial charge in [0.05, 0.1) is 0 Å². The molecule has 0 spiro atoms. The highest BCUT2D eigenvalue weighted by Gasteiger charge is 2.28. The van der Waals surface area contributed by atoms with Crippen LogP contribution < -0.4 is 9.47 Å². The number of likely N-dealkylation sites (tertiary alicyclic amines) is 1. The molecule has 0 amide bonds. The molecule has 0 radical (unpaired) electrons. The van der Waals surface area contributed by atoms with Crippen LogP contribution in [0.25, 0.3) is 21.9 Å². The summed E-state index contributed by atoms with van der Waals surface area (Å²) in [5.41, 5.74) is 4.04. The lowest BCUT2D eigenvalue weighted by Crippen LogP contribution is -2.33. The van der Waals surface area contributed by atoms with Gasteiger partial charge in [-0.2, -0.15) is 0 Å². The predicted octanol–water partition coefficient (Wildman–Crippen LogP) is 6.26. The van der Waals surface area contributed by atoms with Gasteiger partial charge in [0.15, 0.2) is 0 Å². The molecule has 1 fully saturated rings. The molecule has 4 aromatic rings. The van der Waals surface area contributed by atoms with Crippen molar-refractivity contribution in [1.29, 1.82) is 0 Å². The zero-order chi connectivity index (χ0) is 23.8.